The van der Waals surface area contributed by atoms with Gasteiger partial charge in [0.15, 0.2) is 0 Å². The molecule has 0 unspecified atom stereocenters. The smallest absolute Gasteiger partial charge is 0.124 e. The van der Waals surface area contributed by atoms with Gasteiger partial charge < -0.3 is 4.57 Å². The summed E-state index contributed by atoms with van der Waals surface area (Å²) >= 11 is 3.35. The fourth-order valence-electron chi connectivity index (χ4n) is 2.09. The van der Waals surface area contributed by atoms with Crippen molar-refractivity contribution in [2.75, 3.05) is 0 Å². The summed E-state index contributed by atoms with van der Waals surface area (Å²) in [6.45, 7) is 1.13. The Labute approximate surface area is 87.5 Å². The molecule has 1 fully saturated rings. The summed E-state index contributed by atoms with van der Waals surface area (Å²) in [5.41, 5.74) is 0. The average Bonchev–Trinajstić information content (AvgIpc) is 2.71. The third-order valence-corrected chi connectivity index (χ3v) is 3.28. The van der Waals surface area contributed by atoms with E-state index in [1.165, 1.54) is 32.1 Å². The molecule has 1 aromatic heterocycles. The van der Waals surface area contributed by atoms with Crippen molar-refractivity contribution in [3.05, 3.63) is 17.1 Å². The molecule has 3 heteroatoms. The van der Waals surface area contributed by atoms with Gasteiger partial charge in [-0.2, -0.15) is 0 Å². The van der Waals surface area contributed by atoms with Gasteiger partial charge in [-0.15, -0.1) is 0 Å². The second-order valence-electron chi connectivity index (χ2n) is 3.87. The monoisotopic (exact) mass is 242 g/mol. The zero-order valence-electron chi connectivity index (χ0n) is 7.75. The Balaban J connectivity index is 1.78. The van der Waals surface area contributed by atoms with Crippen LogP contribution in [0.2, 0.25) is 0 Å². The number of rotatable bonds is 3. The Morgan fingerprint density at radius 3 is 2.85 bits per heavy atom. The quantitative estimate of drug-likeness (QED) is 0.796. The minimum absolute atomic E-state index is 0.943. The first-order valence-corrected chi connectivity index (χ1v) is 5.81. The minimum Gasteiger partial charge on any atom is -0.336 e. The zero-order chi connectivity index (χ0) is 9.10. The number of imidazole rings is 1. The van der Waals surface area contributed by atoms with E-state index >= 15 is 0 Å². The Morgan fingerprint density at radius 1 is 1.46 bits per heavy atom. The topological polar surface area (TPSA) is 17.8 Å². The van der Waals surface area contributed by atoms with Crippen LogP contribution >= 0.6 is 15.9 Å². The van der Waals surface area contributed by atoms with E-state index in [0.717, 1.165) is 17.1 Å². The molecule has 0 atom stereocenters. The van der Waals surface area contributed by atoms with E-state index in [2.05, 4.69) is 31.7 Å². The van der Waals surface area contributed by atoms with Crippen molar-refractivity contribution in [3.8, 4) is 0 Å². The van der Waals surface area contributed by atoms with Crippen molar-refractivity contribution in [2.24, 2.45) is 5.92 Å². The molecule has 1 heterocycles. The molecule has 0 amide bonds. The van der Waals surface area contributed by atoms with Crippen LogP contribution in [-0.4, -0.2) is 9.55 Å². The van der Waals surface area contributed by atoms with Crippen LogP contribution in [0.25, 0.3) is 0 Å². The van der Waals surface area contributed by atoms with Crippen molar-refractivity contribution in [1.82, 2.24) is 9.55 Å². The highest BCUT2D eigenvalue weighted by atomic mass is 79.9. The number of hydrogen-bond donors (Lipinski definition) is 0. The summed E-state index contributed by atoms with van der Waals surface area (Å²) in [5, 5.41) is 0. The van der Waals surface area contributed by atoms with Crippen LogP contribution < -0.4 is 0 Å². The standard InChI is InChI=1S/C10H15BrN2/c11-10-7-13(8-12-10)6-5-9-3-1-2-4-9/h7-9H,1-6H2. The van der Waals surface area contributed by atoms with Crippen molar-refractivity contribution < 1.29 is 0 Å². The van der Waals surface area contributed by atoms with E-state index in [0.29, 0.717) is 0 Å². The summed E-state index contributed by atoms with van der Waals surface area (Å²) in [5.74, 6) is 0.973. The second kappa shape index (κ2) is 4.27. The maximum absolute atomic E-state index is 4.14. The summed E-state index contributed by atoms with van der Waals surface area (Å²) in [4.78, 5) is 4.14. The van der Waals surface area contributed by atoms with Gasteiger partial charge in [-0.05, 0) is 28.3 Å². The lowest BCUT2D eigenvalue weighted by molar-refractivity contribution is 0.458. The lowest BCUT2D eigenvalue weighted by Crippen LogP contribution is -2.01. The van der Waals surface area contributed by atoms with Crippen LogP contribution in [0.3, 0.4) is 0 Å². The fourth-order valence-corrected chi connectivity index (χ4v) is 2.44. The van der Waals surface area contributed by atoms with Gasteiger partial charge in [0.2, 0.25) is 0 Å². The normalized spacial score (nSPS) is 18.2. The lowest BCUT2D eigenvalue weighted by atomic mass is 10.0. The van der Waals surface area contributed by atoms with Crippen molar-refractivity contribution in [3.63, 3.8) is 0 Å². The summed E-state index contributed by atoms with van der Waals surface area (Å²) in [6, 6.07) is 0. The summed E-state index contributed by atoms with van der Waals surface area (Å²) in [6.07, 6.45) is 11.0. The molecule has 0 spiro atoms. The van der Waals surface area contributed by atoms with E-state index in [4.69, 9.17) is 0 Å². The molecule has 2 rings (SSSR count). The Hall–Kier alpha value is -0.310. The molecule has 1 aliphatic carbocycles. The highest BCUT2D eigenvalue weighted by molar-refractivity contribution is 9.10. The molecule has 1 saturated carbocycles. The number of aromatic nitrogens is 2. The molecule has 72 valence electrons. The van der Waals surface area contributed by atoms with Crippen LogP contribution in [0.1, 0.15) is 32.1 Å². The molecule has 0 aromatic carbocycles. The third-order valence-electron chi connectivity index (χ3n) is 2.87. The van der Waals surface area contributed by atoms with Gasteiger partial charge in [0.05, 0.1) is 6.33 Å². The van der Waals surface area contributed by atoms with Gasteiger partial charge in [-0.25, -0.2) is 4.98 Å². The Morgan fingerprint density at radius 2 is 2.23 bits per heavy atom. The molecule has 0 N–H and O–H groups in total. The zero-order valence-corrected chi connectivity index (χ0v) is 9.33. The first-order chi connectivity index (χ1) is 6.34. The van der Waals surface area contributed by atoms with Crippen molar-refractivity contribution in [1.29, 1.82) is 0 Å². The van der Waals surface area contributed by atoms with Crippen LogP contribution in [0.4, 0.5) is 0 Å². The SMILES string of the molecule is Brc1cn(CCC2CCCC2)cn1. The molecule has 0 saturated heterocycles. The van der Waals surface area contributed by atoms with Crippen LogP contribution in [0.15, 0.2) is 17.1 Å². The van der Waals surface area contributed by atoms with Gasteiger partial charge in [0.25, 0.3) is 0 Å². The average molecular weight is 243 g/mol. The molecular formula is C10H15BrN2. The van der Waals surface area contributed by atoms with E-state index in [9.17, 15) is 0 Å². The van der Waals surface area contributed by atoms with E-state index in [1.807, 2.05) is 6.33 Å². The van der Waals surface area contributed by atoms with Crippen LogP contribution in [-0.2, 0) is 6.54 Å². The van der Waals surface area contributed by atoms with Gasteiger partial charge in [-0.1, -0.05) is 25.7 Å². The molecule has 0 bridgehead atoms. The molecule has 1 aliphatic rings. The number of aryl methyl sites for hydroxylation is 1. The highest BCUT2D eigenvalue weighted by Gasteiger charge is 2.14. The van der Waals surface area contributed by atoms with Crippen LogP contribution in [0, 0.1) is 5.92 Å². The lowest BCUT2D eigenvalue weighted by Gasteiger charge is -2.08. The fraction of sp³-hybridized carbons (Fsp3) is 0.700. The number of hydrogen-bond acceptors (Lipinski definition) is 1. The Kier molecular flexibility index (Phi) is 3.04. The van der Waals surface area contributed by atoms with Crippen molar-refractivity contribution in [2.45, 2.75) is 38.6 Å². The van der Waals surface area contributed by atoms with Gasteiger partial charge >= 0.3 is 0 Å². The summed E-state index contributed by atoms with van der Waals surface area (Å²) < 4.78 is 3.11. The first-order valence-electron chi connectivity index (χ1n) is 5.02. The van der Waals surface area contributed by atoms with E-state index in [-0.39, 0.29) is 0 Å². The molecular weight excluding hydrogens is 228 g/mol. The highest BCUT2D eigenvalue weighted by Crippen LogP contribution is 2.27. The maximum Gasteiger partial charge on any atom is 0.124 e. The predicted molar refractivity (Wildman–Crippen MR) is 56.5 cm³/mol. The van der Waals surface area contributed by atoms with Gasteiger partial charge in [0, 0.05) is 12.7 Å². The minimum atomic E-state index is 0.943. The third kappa shape index (κ3) is 2.56. The Bertz CT molecular complexity index is 264. The predicted octanol–water partition coefficient (Wildman–Crippen LogP) is 3.23. The van der Waals surface area contributed by atoms with Gasteiger partial charge in [-0.3, -0.25) is 0 Å². The van der Waals surface area contributed by atoms with Crippen molar-refractivity contribution >= 4 is 15.9 Å². The number of nitrogens with zero attached hydrogens (tertiary/aromatic N) is 2. The van der Waals surface area contributed by atoms with Gasteiger partial charge in [0.1, 0.15) is 4.60 Å². The molecule has 1 aromatic rings. The molecule has 13 heavy (non-hydrogen) atoms. The van der Waals surface area contributed by atoms with E-state index in [1.54, 1.807) is 0 Å². The first kappa shape index (κ1) is 9.25. The summed E-state index contributed by atoms with van der Waals surface area (Å²) in [7, 11) is 0. The largest absolute Gasteiger partial charge is 0.336 e. The second-order valence-corrected chi connectivity index (χ2v) is 4.69. The molecule has 2 nitrogen and oxygen atoms in total. The van der Waals surface area contributed by atoms with E-state index < -0.39 is 0 Å². The molecule has 0 radical (unpaired) electrons. The molecule has 0 aliphatic heterocycles. The van der Waals surface area contributed by atoms with Crippen LogP contribution in [0.5, 0.6) is 0 Å². The number of halogens is 1. The maximum atomic E-state index is 4.14.